The van der Waals surface area contributed by atoms with Crippen molar-refractivity contribution in [2.45, 2.75) is 18.1 Å². The molecule has 0 heterocycles. The second-order valence-electron chi connectivity index (χ2n) is 7.62. The van der Waals surface area contributed by atoms with Crippen LogP contribution in [0.1, 0.15) is 39.1 Å². The minimum Gasteiger partial charge on any atom is -0.507 e. The number of carbonyl (C=O) groups is 2. The zero-order valence-electron chi connectivity index (χ0n) is 17.1. The maximum atomic E-state index is 12.2. The summed E-state index contributed by atoms with van der Waals surface area (Å²) in [6, 6.07) is 20.1. The van der Waals surface area contributed by atoms with E-state index in [1.807, 2.05) is 48.5 Å². The molecule has 7 heteroatoms. The van der Waals surface area contributed by atoms with E-state index >= 15 is 0 Å². The fourth-order valence-corrected chi connectivity index (χ4v) is 4.11. The molecule has 3 aromatic carbocycles. The predicted octanol–water partition coefficient (Wildman–Crippen LogP) is 3.14. The average Bonchev–Trinajstić information content (AvgIpc) is 3.14. The van der Waals surface area contributed by atoms with Crippen molar-refractivity contribution >= 4 is 12.4 Å². The highest BCUT2D eigenvalue weighted by molar-refractivity contribution is 5.82. The number of rotatable bonds is 7. The number of fused-ring (bicyclic) bond motifs is 3. The lowest BCUT2D eigenvalue weighted by atomic mass is 9.98. The molecule has 4 N–H and O–H groups in total. The summed E-state index contributed by atoms with van der Waals surface area (Å²) in [5.41, 5.74) is 4.37. The third kappa shape index (κ3) is 4.08. The van der Waals surface area contributed by atoms with Crippen LogP contribution in [0.25, 0.3) is 11.1 Å². The van der Waals surface area contributed by atoms with Gasteiger partial charge in [0.05, 0.1) is 5.56 Å². The van der Waals surface area contributed by atoms with Crippen LogP contribution in [0, 0.1) is 0 Å². The largest absolute Gasteiger partial charge is 0.507 e. The van der Waals surface area contributed by atoms with E-state index < -0.39 is 18.3 Å². The molecule has 0 bridgehead atoms. The second kappa shape index (κ2) is 9.21. The first-order chi connectivity index (χ1) is 15.5. The number of phenols is 1. The molecule has 164 valence electrons. The van der Waals surface area contributed by atoms with Crippen LogP contribution in [0.3, 0.4) is 0 Å². The Morgan fingerprint density at radius 2 is 1.59 bits per heavy atom. The van der Waals surface area contributed by atoms with Crippen molar-refractivity contribution in [2.75, 3.05) is 13.2 Å². The molecule has 0 spiro atoms. The molecule has 0 saturated carbocycles. The summed E-state index contributed by atoms with van der Waals surface area (Å²) in [5, 5.41) is 32.8. The van der Waals surface area contributed by atoms with Crippen molar-refractivity contribution in [3.05, 3.63) is 89.0 Å². The van der Waals surface area contributed by atoms with Crippen LogP contribution in [0.2, 0.25) is 0 Å². The van der Waals surface area contributed by atoms with Gasteiger partial charge in [-0.05, 0) is 33.9 Å². The molecule has 1 amide bonds. The van der Waals surface area contributed by atoms with E-state index in [9.17, 15) is 24.9 Å². The second-order valence-corrected chi connectivity index (χ2v) is 7.62. The third-order valence-electron chi connectivity index (χ3n) is 5.72. The highest BCUT2D eigenvalue weighted by atomic mass is 16.5. The van der Waals surface area contributed by atoms with Gasteiger partial charge >= 0.3 is 6.09 Å². The van der Waals surface area contributed by atoms with E-state index in [0.29, 0.717) is 6.29 Å². The first-order valence-electron chi connectivity index (χ1n) is 10.2. The van der Waals surface area contributed by atoms with Gasteiger partial charge in [-0.2, -0.15) is 0 Å². The van der Waals surface area contributed by atoms with Gasteiger partial charge < -0.3 is 25.4 Å². The molecular formula is C25H23NO6. The molecule has 0 aliphatic heterocycles. The Labute approximate surface area is 184 Å². The fourth-order valence-electron chi connectivity index (χ4n) is 4.11. The number of alkyl carbamates (subject to hydrolysis) is 1. The maximum Gasteiger partial charge on any atom is 0.407 e. The molecule has 32 heavy (non-hydrogen) atoms. The standard InChI is InChI=1S/C25H23NO6/c27-13-20-19(10-5-11-22(20)28)24(30)23(29)12-26-25(31)32-14-21-17-8-3-1-6-15(17)16-7-2-4-9-18(16)21/h1-11,13,21,23-24,28-30H,12,14H2,(H,26,31). The lowest BCUT2D eigenvalue weighted by Gasteiger charge is -2.20. The van der Waals surface area contributed by atoms with Crippen LogP contribution in [-0.2, 0) is 4.74 Å². The summed E-state index contributed by atoms with van der Waals surface area (Å²) in [7, 11) is 0. The number of hydrogen-bond donors (Lipinski definition) is 4. The minimum atomic E-state index is -1.48. The maximum absolute atomic E-state index is 12.2. The quantitative estimate of drug-likeness (QED) is 0.426. The van der Waals surface area contributed by atoms with E-state index in [2.05, 4.69) is 5.32 Å². The van der Waals surface area contributed by atoms with Gasteiger partial charge in [-0.15, -0.1) is 0 Å². The molecule has 2 unspecified atom stereocenters. The summed E-state index contributed by atoms with van der Waals surface area (Å²) in [4.78, 5) is 23.4. The number of amides is 1. The van der Waals surface area contributed by atoms with Crippen molar-refractivity contribution < 1.29 is 29.6 Å². The molecule has 2 atom stereocenters. The van der Waals surface area contributed by atoms with E-state index in [1.165, 1.54) is 18.2 Å². The van der Waals surface area contributed by atoms with Crippen LogP contribution in [0.15, 0.2) is 66.7 Å². The minimum absolute atomic E-state index is 0.0711. The van der Waals surface area contributed by atoms with Gasteiger partial charge in [0.2, 0.25) is 0 Å². The lowest BCUT2D eigenvalue weighted by Crippen LogP contribution is -2.36. The molecular weight excluding hydrogens is 410 g/mol. The number of aromatic hydroxyl groups is 1. The third-order valence-corrected chi connectivity index (χ3v) is 5.72. The normalized spacial score (nSPS) is 14.2. The average molecular weight is 433 g/mol. The van der Waals surface area contributed by atoms with E-state index in [-0.39, 0.29) is 35.9 Å². The summed E-state index contributed by atoms with van der Waals surface area (Å²) >= 11 is 0. The molecule has 1 aliphatic rings. The Hall–Kier alpha value is -3.68. The molecule has 0 radical (unpaired) electrons. The van der Waals surface area contributed by atoms with Crippen LogP contribution >= 0.6 is 0 Å². The van der Waals surface area contributed by atoms with Crippen LogP contribution in [0.4, 0.5) is 4.79 Å². The number of hydrogen-bond acceptors (Lipinski definition) is 6. The lowest BCUT2D eigenvalue weighted by molar-refractivity contribution is 0.0181. The Morgan fingerprint density at radius 1 is 0.969 bits per heavy atom. The van der Waals surface area contributed by atoms with Gasteiger partial charge in [-0.1, -0.05) is 60.7 Å². The Balaban J connectivity index is 1.36. The van der Waals surface area contributed by atoms with Crippen molar-refractivity contribution in [3.63, 3.8) is 0 Å². The zero-order chi connectivity index (χ0) is 22.7. The number of carbonyl (C=O) groups excluding carboxylic acids is 2. The number of nitrogens with one attached hydrogen (secondary N) is 1. The summed E-state index contributed by atoms with van der Waals surface area (Å²) in [5.74, 6) is -0.389. The Kier molecular flexibility index (Phi) is 6.20. The Morgan fingerprint density at radius 3 is 2.22 bits per heavy atom. The number of ether oxygens (including phenoxy) is 1. The first-order valence-corrected chi connectivity index (χ1v) is 10.2. The summed E-state index contributed by atoms with van der Waals surface area (Å²) in [6.07, 6.45) is -3.21. The molecule has 0 saturated heterocycles. The number of aliphatic hydroxyl groups excluding tert-OH is 2. The zero-order valence-corrected chi connectivity index (χ0v) is 17.1. The molecule has 3 aromatic rings. The molecule has 1 aliphatic carbocycles. The molecule has 0 aromatic heterocycles. The molecule has 4 rings (SSSR count). The van der Waals surface area contributed by atoms with Crippen molar-refractivity contribution in [3.8, 4) is 16.9 Å². The van der Waals surface area contributed by atoms with Crippen molar-refractivity contribution in [1.29, 1.82) is 0 Å². The van der Waals surface area contributed by atoms with E-state index in [1.54, 1.807) is 0 Å². The van der Waals surface area contributed by atoms with E-state index in [4.69, 9.17) is 4.74 Å². The first kappa shape index (κ1) is 21.5. The molecule has 0 fully saturated rings. The van der Waals surface area contributed by atoms with Crippen molar-refractivity contribution in [1.82, 2.24) is 5.32 Å². The highest BCUT2D eigenvalue weighted by Gasteiger charge is 2.29. The summed E-state index contributed by atoms with van der Waals surface area (Å²) in [6.45, 7) is -0.174. The number of aliphatic hydroxyl groups is 2. The SMILES string of the molecule is O=Cc1c(O)cccc1C(O)C(O)CNC(=O)OCC1c2ccccc2-c2ccccc21. The van der Waals surface area contributed by atoms with Gasteiger partial charge in [0, 0.05) is 12.5 Å². The van der Waals surface area contributed by atoms with Gasteiger partial charge in [-0.3, -0.25) is 4.79 Å². The topological polar surface area (TPSA) is 116 Å². The van der Waals surface area contributed by atoms with Crippen LogP contribution in [0.5, 0.6) is 5.75 Å². The number of benzene rings is 3. The monoisotopic (exact) mass is 433 g/mol. The molecule has 7 nitrogen and oxygen atoms in total. The van der Waals surface area contributed by atoms with Crippen LogP contribution < -0.4 is 5.32 Å². The summed E-state index contributed by atoms with van der Waals surface area (Å²) < 4.78 is 5.40. The smallest absolute Gasteiger partial charge is 0.407 e. The van der Waals surface area contributed by atoms with Crippen LogP contribution in [-0.4, -0.2) is 47.0 Å². The van der Waals surface area contributed by atoms with Gasteiger partial charge in [0.1, 0.15) is 24.6 Å². The van der Waals surface area contributed by atoms with E-state index in [0.717, 1.165) is 22.3 Å². The van der Waals surface area contributed by atoms with Gasteiger partial charge in [0.25, 0.3) is 0 Å². The number of phenolic OH excluding ortho intramolecular Hbond substituents is 1. The predicted molar refractivity (Wildman–Crippen MR) is 118 cm³/mol. The van der Waals surface area contributed by atoms with Gasteiger partial charge in [0.15, 0.2) is 6.29 Å². The fraction of sp³-hybridized carbons (Fsp3) is 0.200. The highest BCUT2D eigenvalue weighted by Crippen LogP contribution is 2.44. The van der Waals surface area contributed by atoms with Crippen molar-refractivity contribution in [2.24, 2.45) is 0 Å². The number of aldehydes is 1. The van der Waals surface area contributed by atoms with Gasteiger partial charge in [-0.25, -0.2) is 4.79 Å². The Bertz CT molecular complexity index is 1100.